The Balaban J connectivity index is 1.58. The zero-order valence-electron chi connectivity index (χ0n) is 13.3. The van der Waals surface area contributed by atoms with Gasteiger partial charge in [-0.3, -0.25) is 9.88 Å². The molecule has 0 aliphatic carbocycles. The van der Waals surface area contributed by atoms with Crippen LogP contribution in [0.4, 0.5) is 0 Å². The number of ether oxygens (including phenoxy) is 1. The van der Waals surface area contributed by atoms with Gasteiger partial charge in [-0.15, -0.1) is 0 Å². The highest BCUT2D eigenvalue weighted by molar-refractivity contribution is 5.87. The molecule has 0 saturated carbocycles. The minimum Gasteiger partial charge on any atom is -0.464 e. The quantitative estimate of drug-likeness (QED) is 0.813. The second-order valence-corrected chi connectivity index (χ2v) is 5.84. The van der Waals surface area contributed by atoms with E-state index in [0.29, 0.717) is 11.6 Å². The largest absolute Gasteiger partial charge is 0.464 e. The number of likely N-dealkylation sites (tertiary alicyclic amines) is 1. The molecule has 1 aliphatic rings. The summed E-state index contributed by atoms with van der Waals surface area (Å²) in [6, 6.07) is 9.73. The van der Waals surface area contributed by atoms with E-state index in [1.54, 1.807) is 6.07 Å². The van der Waals surface area contributed by atoms with Crippen LogP contribution in [0.15, 0.2) is 42.7 Å². The van der Waals surface area contributed by atoms with Crippen molar-refractivity contribution in [1.82, 2.24) is 14.9 Å². The summed E-state index contributed by atoms with van der Waals surface area (Å²) >= 11 is 0. The second-order valence-electron chi connectivity index (χ2n) is 5.84. The van der Waals surface area contributed by atoms with Crippen molar-refractivity contribution in [1.29, 1.82) is 0 Å². The SMILES string of the molecule is COC(=O)c1cccc(CN2CCC(c3ccncc3)CC2)n1. The fraction of sp³-hybridized carbons (Fsp3) is 0.389. The van der Waals surface area contributed by atoms with E-state index in [9.17, 15) is 4.79 Å². The van der Waals surface area contributed by atoms with Gasteiger partial charge >= 0.3 is 5.97 Å². The Bertz CT molecular complexity index is 652. The summed E-state index contributed by atoms with van der Waals surface area (Å²) in [7, 11) is 1.38. The van der Waals surface area contributed by atoms with Gasteiger partial charge in [0, 0.05) is 18.9 Å². The molecule has 2 aromatic rings. The van der Waals surface area contributed by atoms with Gasteiger partial charge in [-0.25, -0.2) is 9.78 Å². The number of piperidine rings is 1. The lowest BCUT2D eigenvalue weighted by molar-refractivity contribution is 0.0593. The number of carbonyl (C=O) groups excluding carboxylic acids is 1. The molecule has 5 nitrogen and oxygen atoms in total. The van der Waals surface area contributed by atoms with E-state index in [1.165, 1.54) is 12.7 Å². The van der Waals surface area contributed by atoms with Crippen molar-refractivity contribution in [2.75, 3.05) is 20.2 Å². The second kappa shape index (κ2) is 7.33. The van der Waals surface area contributed by atoms with Gasteiger partial charge in [0.1, 0.15) is 5.69 Å². The lowest BCUT2D eigenvalue weighted by atomic mass is 9.90. The van der Waals surface area contributed by atoms with Gasteiger partial charge in [-0.1, -0.05) is 6.07 Å². The van der Waals surface area contributed by atoms with Gasteiger partial charge in [0.2, 0.25) is 0 Å². The molecule has 0 amide bonds. The van der Waals surface area contributed by atoms with Crippen LogP contribution in [0.5, 0.6) is 0 Å². The Labute approximate surface area is 136 Å². The first-order valence-electron chi connectivity index (χ1n) is 7.93. The van der Waals surface area contributed by atoms with Crippen LogP contribution in [-0.4, -0.2) is 41.0 Å². The first-order chi connectivity index (χ1) is 11.3. The maximum Gasteiger partial charge on any atom is 0.356 e. The molecular formula is C18H21N3O2. The lowest BCUT2D eigenvalue weighted by Gasteiger charge is -2.31. The maximum atomic E-state index is 11.6. The van der Waals surface area contributed by atoms with Crippen molar-refractivity contribution >= 4 is 5.97 Å². The van der Waals surface area contributed by atoms with Crippen LogP contribution in [-0.2, 0) is 11.3 Å². The minimum absolute atomic E-state index is 0.372. The number of aromatic nitrogens is 2. The van der Waals surface area contributed by atoms with Gasteiger partial charge in [0.15, 0.2) is 0 Å². The van der Waals surface area contributed by atoms with Crippen molar-refractivity contribution in [2.45, 2.75) is 25.3 Å². The van der Waals surface area contributed by atoms with Crippen LogP contribution in [0.1, 0.15) is 40.5 Å². The molecule has 2 aromatic heterocycles. The summed E-state index contributed by atoms with van der Waals surface area (Å²) < 4.78 is 4.72. The first-order valence-corrected chi connectivity index (χ1v) is 7.93. The number of hydrogen-bond donors (Lipinski definition) is 0. The van der Waals surface area contributed by atoms with Crippen molar-refractivity contribution in [2.24, 2.45) is 0 Å². The number of hydrogen-bond acceptors (Lipinski definition) is 5. The van der Waals surface area contributed by atoms with Crippen molar-refractivity contribution in [3.63, 3.8) is 0 Å². The molecule has 23 heavy (non-hydrogen) atoms. The molecule has 0 unspecified atom stereocenters. The summed E-state index contributed by atoms with van der Waals surface area (Å²) in [5.74, 6) is 0.229. The third-order valence-corrected chi connectivity index (χ3v) is 4.35. The van der Waals surface area contributed by atoms with Gasteiger partial charge < -0.3 is 4.74 Å². The van der Waals surface area contributed by atoms with Gasteiger partial charge in [0.05, 0.1) is 12.8 Å². The van der Waals surface area contributed by atoms with E-state index >= 15 is 0 Å². The highest BCUT2D eigenvalue weighted by Gasteiger charge is 2.21. The monoisotopic (exact) mass is 311 g/mol. The van der Waals surface area contributed by atoms with Gasteiger partial charge in [0.25, 0.3) is 0 Å². The number of nitrogens with zero attached hydrogens (tertiary/aromatic N) is 3. The van der Waals surface area contributed by atoms with Gasteiger partial charge in [-0.2, -0.15) is 0 Å². The van der Waals surface area contributed by atoms with Crippen molar-refractivity contribution in [3.05, 3.63) is 59.7 Å². The molecule has 3 rings (SSSR count). The average Bonchev–Trinajstić information content (AvgIpc) is 2.62. The molecule has 0 atom stereocenters. The van der Waals surface area contributed by atoms with Crippen molar-refractivity contribution in [3.8, 4) is 0 Å². The molecule has 120 valence electrons. The van der Waals surface area contributed by atoms with Crippen LogP contribution in [0.3, 0.4) is 0 Å². The predicted molar refractivity (Wildman–Crippen MR) is 87.1 cm³/mol. The fourth-order valence-corrected chi connectivity index (χ4v) is 3.08. The standard InChI is InChI=1S/C18H21N3O2/c1-23-18(22)17-4-2-3-16(20-17)13-21-11-7-15(8-12-21)14-5-9-19-10-6-14/h2-6,9-10,15H,7-8,11-13H2,1H3. The highest BCUT2D eigenvalue weighted by Crippen LogP contribution is 2.27. The summed E-state index contributed by atoms with van der Waals surface area (Å²) in [5, 5.41) is 0. The van der Waals surface area contributed by atoms with Gasteiger partial charge in [-0.05, 0) is 61.7 Å². The molecular weight excluding hydrogens is 290 g/mol. The zero-order valence-corrected chi connectivity index (χ0v) is 13.3. The fourth-order valence-electron chi connectivity index (χ4n) is 3.08. The molecule has 1 fully saturated rings. The van der Waals surface area contributed by atoms with Crippen LogP contribution < -0.4 is 0 Å². The highest BCUT2D eigenvalue weighted by atomic mass is 16.5. The maximum absolute atomic E-state index is 11.6. The van der Waals surface area contributed by atoms with E-state index in [-0.39, 0.29) is 5.97 Å². The summed E-state index contributed by atoms with van der Waals surface area (Å²) in [6.45, 7) is 2.85. The topological polar surface area (TPSA) is 55.3 Å². The average molecular weight is 311 g/mol. The number of methoxy groups -OCH3 is 1. The summed E-state index contributed by atoms with van der Waals surface area (Å²) in [6.07, 6.45) is 6.01. The number of rotatable bonds is 4. The minimum atomic E-state index is -0.386. The first kappa shape index (κ1) is 15.6. The molecule has 3 heterocycles. The number of carbonyl (C=O) groups is 1. The Morgan fingerprint density at radius 1 is 1.22 bits per heavy atom. The van der Waals surface area contributed by atoms with Crippen LogP contribution >= 0.6 is 0 Å². The Hall–Kier alpha value is -2.27. The van der Waals surface area contributed by atoms with Crippen LogP contribution in [0, 0.1) is 0 Å². The van der Waals surface area contributed by atoms with E-state index in [4.69, 9.17) is 4.74 Å². The zero-order chi connectivity index (χ0) is 16.1. The summed E-state index contributed by atoms with van der Waals surface area (Å²) in [5.41, 5.74) is 2.66. The molecule has 0 N–H and O–H groups in total. The normalized spacial score (nSPS) is 16.2. The van der Waals surface area contributed by atoms with Crippen LogP contribution in [0.2, 0.25) is 0 Å². The Morgan fingerprint density at radius 2 is 1.96 bits per heavy atom. The molecule has 0 aromatic carbocycles. The Morgan fingerprint density at radius 3 is 2.65 bits per heavy atom. The molecule has 0 radical (unpaired) electrons. The third-order valence-electron chi connectivity index (χ3n) is 4.35. The summed E-state index contributed by atoms with van der Waals surface area (Å²) in [4.78, 5) is 22.4. The predicted octanol–water partition coefficient (Wildman–Crippen LogP) is 2.64. The molecule has 5 heteroatoms. The molecule has 1 aliphatic heterocycles. The number of esters is 1. The van der Waals surface area contributed by atoms with E-state index in [0.717, 1.165) is 38.2 Å². The molecule has 1 saturated heterocycles. The Kier molecular flexibility index (Phi) is 4.98. The van der Waals surface area contributed by atoms with Crippen molar-refractivity contribution < 1.29 is 9.53 Å². The van der Waals surface area contributed by atoms with E-state index < -0.39 is 0 Å². The van der Waals surface area contributed by atoms with E-state index in [1.807, 2.05) is 24.5 Å². The van der Waals surface area contributed by atoms with Crippen LogP contribution in [0.25, 0.3) is 0 Å². The lowest BCUT2D eigenvalue weighted by Crippen LogP contribution is -2.32. The molecule has 0 spiro atoms. The number of pyridine rings is 2. The molecule has 0 bridgehead atoms. The third kappa shape index (κ3) is 3.93. The smallest absolute Gasteiger partial charge is 0.356 e. The van der Waals surface area contributed by atoms with E-state index in [2.05, 4.69) is 27.0 Å².